The van der Waals surface area contributed by atoms with Gasteiger partial charge >= 0.3 is 6.01 Å². The lowest BCUT2D eigenvalue weighted by Gasteiger charge is -2.44. The number of nitrogens with two attached hydrogens (primary N) is 1. The molecule has 37 heavy (non-hydrogen) atoms. The molecular weight excluding hydrogens is 471 g/mol. The van der Waals surface area contributed by atoms with Crippen LogP contribution in [0.15, 0.2) is 12.1 Å². The lowest BCUT2D eigenvalue weighted by molar-refractivity contribution is -0.0873. The van der Waals surface area contributed by atoms with Crippen molar-refractivity contribution in [3.63, 3.8) is 0 Å². The van der Waals surface area contributed by atoms with E-state index in [4.69, 9.17) is 25.2 Å². The van der Waals surface area contributed by atoms with Crippen molar-refractivity contribution in [3.05, 3.63) is 40.1 Å². The second-order valence-corrected chi connectivity index (χ2v) is 11.5. The van der Waals surface area contributed by atoms with E-state index in [0.29, 0.717) is 55.8 Å². The van der Waals surface area contributed by atoms with Crippen LogP contribution in [0.25, 0.3) is 0 Å². The Hall–Kier alpha value is -2.96. The van der Waals surface area contributed by atoms with Crippen molar-refractivity contribution >= 4 is 11.5 Å². The number of hydrogen-bond donors (Lipinski definition) is 1. The molecule has 0 unspecified atom stereocenters. The summed E-state index contributed by atoms with van der Waals surface area (Å²) in [4.78, 5) is 13.8. The van der Waals surface area contributed by atoms with Crippen LogP contribution in [-0.2, 0) is 23.4 Å². The molecule has 4 aliphatic rings. The van der Waals surface area contributed by atoms with Crippen LogP contribution in [0.4, 0.5) is 15.9 Å². The minimum atomic E-state index is -0.807. The maximum atomic E-state index is 14.3. The molecule has 2 N–H and O–H groups in total. The zero-order valence-corrected chi connectivity index (χ0v) is 21.9. The molecule has 2 fully saturated rings. The van der Waals surface area contributed by atoms with E-state index in [-0.39, 0.29) is 5.54 Å². The number of ether oxygens (including phenoxy) is 2. The number of aromatic nitrogens is 2. The molecular formula is C28H35FN6O2. The number of fused-ring (bicyclic) bond motifs is 4. The predicted molar refractivity (Wildman–Crippen MR) is 138 cm³/mol. The van der Waals surface area contributed by atoms with E-state index in [9.17, 15) is 9.65 Å². The molecule has 1 spiro atoms. The molecule has 0 bridgehead atoms. The standard InChI is InChI=1S/C28H35FN6O2/c1-17-7-9-28(24-19(17)5-6-22(31)20(24)13-30)12-23-21(15-37-28)25(34(2)3)33-26(32-23)36-16-27-8-4-10-35(27)14-18(29)11-27/h5-6,17-18H,4,7-12,14-16,31H2,1-3H3/t17-,18+,27-,28-/m0/s1. The highest BCUT2D eigenvalue weighted by atomic mass is 19.1. The fourth-order valence-corrected chi connectivity index (χ4v) is 7.11. The Morgan fingerprint density at radius 3 is 2.95 bits per heavy atom. The fraction of sp³-hybridized carbons (Fsp3) is 0.607. The number of alkyl halides is 1. The first kappa shape index (κ1) is 24.4. The largest absolute Gasteiger partial charge is 0.461 e. The van der Waals surface area contributed by atoms with Gasteiger partial charge in [0.05, 0.1) is 23.4 Å². The average Bonchev–Trinajstić information content (AvgIpc) is 3.40. The Labute approximate surface area is 217 Å². The zero-order valence-electron chi connectivity index (χ0n) is 21.9. The highest BCUT2D eigenvalue weighted by Gasteiger charge is 2.50. The number of hydrogen-bond acceptors (Lipinski definition) is 8. The molecule has 196 valence electrons. The van der Waals surface area contributed by atoms with Crippen molar-refractivity contribution in [2.75, 3.05) is 44.4 Å². The van der Waals surface area contributed by atoms with Crippen molar-refractivity contribution in [2.24, 2.45) is 0 Å². The number of halogens is 1. The van der Waals surface area contributed by atoms with Gasteiger partial charge in [-0.2, -0.15) is 15.2 Å². The van der Waals surface area contributed by atoms with Gasteiger partial charge in [0.15, 0.2) is 0 Å². The average molecular weight is 507 g/mol. The van der Waals surface area contributed by atoms with Crippen molar-refractivity contribution in [1.82, 2.24) is 14.9 Å². The van der Waals surface area contributed by atoms with Gasteiger partial charge in [0, 0.05) is 50.3 Å². The van der Waals surface area contributed by atoms with Crippen LogP contribution in [0.1, 0.15) is 72.9 Å². The van der Waals surface area contributed by atoms with Crippen molar-refractivity contribution in [2.45, 2.75) is 75.3 Å². The van der Waals surface area contributed by atoms with Gasteiger partial charge in [-0.25, -0.2) is 4.39 Å². The molecule has 4 heterocycles. The summed E-state index contributed by atoms with van der Waals surface area (Å²) < 4.78 is 27.2. The molecule has 9 heteroatoms. The molecule has 4 atom stereocenters. The van der Waals surface area contributed by atoms with E-state index in [1.54, 1.807) is 0 Å². The fourth-order valence-electron chi connectivity index (χ4n) is 7.11. The topological polar surface area (TPSA) is 101 Å². The van der Waals surface area contributed by atoms with Crippen LogP contribution in [0.2, 0.25) is 0 Å². The van der Waals surface area contributed by atoms with Crippen molar-refractivity contribution < 1.29 is 13.9 Å². The third kappa shape index (κ3) is 3.84. The first-order chi connectivity index (χ1) is 17.7. The molecule has 0 saturated carbocycles. The third-order valence-electron chi connectivity index (χ3n) is 9.00. The van der Waals surface area contributed by atoms with E-state index < -0.39 is 11.8 Å². The Morgan fingerprint density at radius 1 is 1.32 bits per heavy atom. The monoisotopic (exact) mass is 506 g/mol. The lowest BCUT2D eigenvalue weighted by Crippen LogP contribution is -2.44. The number of nitrogens with zero attached hydrogens (tertiary/aromatic N) is 5. The molecule has 6 rings (SSSR count). The van der Waals surface area contributed by atoms with E-state index in [2.05, 4.69) is 17.9 Å². The van der Waals surface area contributed by atoms with Gasteiger partial charge in [-0.1, -0.05) is 13.0 Å². The molecule has 1 aliphatic carbocycles. The van der Waals surface area contributed by atoms with E-state index in [1.807, 2.05) is 31.1 Å². The molecule has 2 aromatic rings. The smallest absolute Gasteiger partial charge is 0.318 e. The van der Waals surface area contributed by atoms with Gasteiger partial charge in [-0.3, -0.25) is 4.90 Å². The normalized spacial score (nSPS) is 30.5. The number of nitriles is 1. The van der Waals surface area contributed by atoms with Crippen molar-refractivity contribution in [1.29, 1.82) is 5.26 Å². The van der Waals surface area contributed by atoms with Gasteiger partial charge in [0.1, 0.15) is 30.3 Å². The van der Waals surface area contributed by atoms with E-state index in [0.717, 1.165) is 60.4 Å². The van der Waals surface area contributed by atoms with Crippen LogP contribution in [0, 0.1) is 11.3 Å². The molecule has 2 saturated heterocycles. The summed E-state index contributed by atoms with van der Waals surface area (Å²) in [7, 11) is 3.90. The quantitative estimate of drug-likeness (QED) is 0.625. The molecule has 0 radical (unpaired) electrons. The summed E-state index contributed by atoms with van der Waals surface area (Å²) in [5, 5.41) is 10.0. The van der Waals surface area contributed by atoms with Gasteiger partial charge < -0.3 is 20.1 Å². The Kier molecular flexibility index (Phi) is 5.81. The minimum absolute atomic E-state index is 0.265. The maximum Gasteiger partial charge on any atom is 0.318 e. The number of nitrogen functional groups attached to an aromatic ring is 1. The predicted octanol–water partition coefficient (Wildman–Crippen LogP) is 3.82. The van der Waals surface area contributed by atoms with Gasteiger partial charge in [0.2, 0.25) is 0 Å². The van der Waals surface area contributed by atoms with Crippen molar-refractivity contribution in [3.8, 4) is 12.1 Å². The molecule has 3 aliphatic heterocycles. The van der Waals surface area contributed by atoms with E-state index in [1.165, 1.54) is 0 Å². The molecule has 1 aromatic carbocycles. The second-order valence-electron chi connectivity index (χ2n) is 11.5. The van der Waals surface area contributed by atoms with E-state index >= 15 is 0 Å². The summed E-state index contributed by atoms with van der Waals surface area (Å²) in [5.74, 6) is 1.09. The second kappa shape index (κ2) is 8.81. The van der Waals surface area contributed by atoms with Crippen LogP contribution < -0.4 is 15.4 Å². The molecule has 1 aromatic heterocycles. The van der Waals surface area contributed by atoms with Crippen LogP contribution in [-0.4, -0.2) is 60.4 Å². The number of benzene rings is 1. The van der Waals surface area contributed by atoms with Crippen LogP contribution in [0.3, 0.4) is 0 Å². The minimum Gasteiger partial charge on any atom is -0.461 e. The Balaban J connectivity index is 1.37. The lowest BCUT2D eigenvalue weighted by atomic mass is 9.69. The van der Waals surface area contributed by atoms with Gasteiger partial charge in [-0.15, -0.1) is 0 Å². The summed E-state index contributed by atoms with van der Waals surface area (Å²) in [5.41, 5.74) is 10.2. The number of rotatable bonds is 4. The van der Waals surface area contributed by atoms with Crippen LogP contribution >= 0.6 is 0 Å². The summed E-state index contributed by atoms with van der Waals surface area (Å²) in [6, 6.07) is 6.55. The zero-order chi connectivity index (χ0) is 25.9. The first-order valence-electron chi connectivity index (χ1n) is 13.3. The van der Waals surface area contributed by atoms with Gasteiger partial charge in [0.25, 0.3) is 0 Å². The highest BCUT2D eigenvalue weighted by Crippen LogP contribution is 2.51. The van der Waals surface area contributed by atoms with Crippen LogP contribution in [0.5, 0.6) is 6.01 Å². The molecule has 8 nitrogen and oxygen atoms in total. The Morgan fingerprint density at radius 2 is 2.16 bits per heavy atom. The molecule has 0 amide bonds. The third-order valence-corrected chi connectivity index (χ3v) is 9.00. The SMILES string of the molecule is C[C@H]1CC[C@]2(Cc3nc(OC[C@@]45CCCN4C[C@H](F)C5)nc(N(C)C)c3CO2)c2c1ccc(N)c2C#N. The highest BCUT2D eigenvalue weighted by molar-refractivity contribution is 5.64. The summed E-state index contributed by atoms with van der Waals surface area (Å²) >= 11 is 0. The maximum absolute atomic E-state index is 14.3. The summed E-state index contributed by atoms with van der Waals surface area (Å²) in [6.45, 7) is 4.32. The Bertz CT molecular complexity index is 1280. The summed E-state index contributed by atoms with van der Waals surface area (Å²) in [6.07, 6.45) is 3.95. The van der Waals surface area contributed by atoms with Gasteiger partial charge in [-0.05, 0) is 49.8 Å². The first-order valence-corrected chi connectivity index (χ1v) is 13.3. The number of anilines is 2.